The maximum atomic E-state index is 12.2. The lowest BCUT2D eigenvalue weighted by molar-refractivity contribution is 0.355. The largest absolute Gasteiger partial charge is 0.497 e. The summed E-state index contributed by atoms with van der Waals surface area (Å²) in [6, 6.07) is 13.1. The molecule has 2 aromatic rings. The highest BCUT2D eigenvalue weighted by Crippen LogP contribution is 2.39. The van der Waals surface area contributed by atoms with Crippen molar-refractivity contribution in [1.29, 1.82) is 0 Å². The third-order valence-corrected chi connectivity index (χ3v) is 8.02. The lowest BCUT2D eigenvalue weighted by atomic mass is 10.1. The van der Waals surface area contributed by atoms with Crippen molar-refractivity contribution in [2.45, 2.75) is 17.8 Å². The number of thioether (sulfide) groups is 1. The molecular weight excluding hydrogens is 424 g/mol. The number of aliphatic imine (C=N–C) groups is 1. The number of hydrogen-bond acceptors (Lipinski definition) is 8. The maximum Gasteiger partial charge on any atom is 0.164 e. The minimum Gasteiger partial charge on any atom is -0.497 e. The highest BCUT2D eigenvalue weighted by atomic mass is 32.2. The molecule has 0 radical (unpaired) electrons. The number of methoxy groups -OCH3 is 3. The monoisotopic (exact) mass is 448 g/mol. The van der Waals surface area contributed by atoms with Gasteiger partial charge in [-0.15, -0.1) is 0 Å². The molecule has 0 aromatic heterocycles. The molecule has 0 bridgehead atoms. The van der Waals surface area contributed by atoms with E-state index in [1.807, 2.05) is 47.4 Å². The van der Waals surface area contributed by atoms with Crippen LogP contribution in [0.1, 0.15) is 5.56 Å². The van der Waals surface area contributed by atoms with Crippen LogP contribution < -0.4 is 19.1 Å². The van der Waals surface area contributed by atoms with E-state index in [0.29, 0.717) is 11.5 Å². The van der Waals surface area contributed by atoms with Crippen LogP contribution in [0.3, 0.4) is 0 Å². The number of amidine groups is 1. The van der Waals surface area contributed by atoms with E-state index < -0.39 is 9.84 Å². The van der Waals surface area contributed by atoms with Crippen LogP contribution in [0.25, 0.3) is 0 Å². The molecule has 0 amide bonds. The Balaban J connectivity index is 1.62. The minimum absolute atomic E-state index is 0.0913. The fourth-order valence-electron chi connectivity index (χ4n) is 3.78. The molecule has 7 nitrogen and oxygen atoms in total. The van der Waals surface area contributed by atoms with Gasteiger partial charge in [0.2, 0.25) is 0 Å². The zero-order chi connectivity index (χ0) is 21.3. The van der Waals surface area contributed by atoms with Crippen molar-refractivity contribution in [2.75, 3.05) is 37.7 Å². The third-order valence-electron chi connectivity index (χ3n) is 5.28. The molecule has 30 heavy (non-hydrogen) atoms. The SMILES string of the molecule is COc1ccc(CSC2=N[C@@H]3CS(=O)(=O)C[C@H]3N2c2ccc(OC)c(OC)c2)cc1. The smallest absolute Gasteiger partial charge is 0.164 e. The van der Waals surface area contributed by atoms with Gasteiger partial charge in [0, 0.05) is 17.5 Å². The second kappa shape index (κ2) is 8.39. The van der Waals surface area contributed by atoms with Crippen LogP contribution in [0.4, 0.5) is 5.69 Å². The fraction of sp³-hybridized carbons (Fsp3) is 0.381. The predicted molar refractivity (Wildman–Crippen MR) is 120 cm³/mol. The number of sulfone groups is 1. The number of benzene rings is 2. The van der Waals surface area contributed by atoms with E-state index in [-0.39, 0.29) is 23.6 Å². The first-order valence-corrected chi connectivity index (χ1v) is 12.3. The van der Waals surface area contributed by atoms with Gasteiger partial charge in [-0.1, -0.05) is 23.9 Å². The first kappa shape index (κ1) is 20.9. The minimum atomic E-state index is -3.10. The summed E-state index contributed by atoms with van der Waals surface area (Å²) >= 11 is 1.60. The Morgan fingerprint density at radius 3 is 2.40 bits per heavy atom. The highest BCUT2D eigenvalue weighted by molar-refractivity contribution is 8.13. The summed E-state index contributed by atoms with van der Waals surface area (Å²) in [5.41, 5.74) is 1.98. The molecule has 2 aromatic carbocycles. The summed E-state index contributed by atoms with van der Waals surface area (Å²) in [7, 11) is 1.72. The van der Waals surface area contributed by atoms with Gasteiger partial charge in [0.1, 0.15) is 5.75 Å². The molecule has 2 atom stereocenters. The van der Waals surface area contributed by atoms with Crippen LogP contribution in [0.5, 0.6) is 17.2 Å². The van der Waals surface area contributed by atoms with Crippen molar-refractivity contribution in [3.63, 3.8) is 0 Å². The summed E-state index contributed by atoms with van der Waals surface area (Å²) in [6.45, 7) is 0. The molecule has 2 heterocycles. The quantitative estimate of drug-likeness (QED) is 0.672. The molecule has 4 rings (SSSR count). The molecule has 2 aliphatic rings. The first-order valence-electron chi connectivity index (χ1n) is 9.49. The van der Waals surface area contributed by atoms with Crippen LogP contribution in [-0.4, -0.2) is 58.5 Å². The average molecular weight is 449 g/mol. The standard InChI is InChI=1S/C21H24N2O5S2/c1-26-16-7-4-14(5-8-16)11-29-21-22-17-12-30(24,25)13-18(17)23(21)15-6-9-19(27-2)20(10-15)28-3/h4-10,17-18H,11-13H2,1-3H3/t17-,18-/m1/s1. The summed E-state index contributed by atoms with van der Waals surface area (Å²) in [6.07, 6.45) is 0. The van der Waals surface area contributed by atoms with E-state index in [2.05, 4.69) is 0 Å². The van der Waals surface area contributed by atoms with Gasteiger partial charge in [-0.3, -0.25) is 4.99 Å². The summed E-state index contributed by atoms with van der Waals surface area (Å²) in [5.74, 6) is 2.95. The topological polar surface area (TPSA) is 77.4 Å². The van der Waals surface area contributed by atoms with Gasteiger partial charge in [0.05, 0.1) is 44.9 Å². The number of ether oxygens (including phenoxy) is 3. The molecule has 0 aliphatic carbocycles. The lowest BCUT2D eigenvalue weighted by Crippen LogP contribution is -2.39. The first-order chi connectivity index (χ1) is 14.4. The second-order valence-corrected chi connectivity index (χ2v) is 10.3. The average Bonchev–Trinajstić information content (AvgIpc) is 3.22. The Hall–Kier alpha value is -2.39. The number of nitrogens with zero attached hydrogens (tertiary/aromatic N) is 2. The van der Waals surface area contributed by atoms with Crippen molar-refractivity contribution >= 4 is 32.5 Å². The van der Waals surface area contributed by atoms with Crippen molar-refractivity contribution in [2.24, 2.45) is 4.99 Å². The molecule has 0 N–H and O–H groups in total. The van der Waals surface area contributed by atoms with Gasteiger partial charge in [0.15, 0.2) is 26.5 Å². The Morgan fingerprint density at radius 2 is 1.73 bits per heavy atom. The molecular formula is C21H24N2O5S2. The number of anilines is 1. The Bertz CT molecular complexity index is 1050. The highest BCUT2D eigenvalue weighted by Gasteiger charge is 2.47. The Morgan fingerprint density at radius 1 is 1.00 bits per heavy atom. The van der Waals surface area contributed by atoms with E-state index >= 15 is 0 Å². The summed E-state index contributed by atoms with van der Waals surface area (Å²) in [5, 5.41) is 0.822. The molecule has 1 saturated heterocycles. The van der Waals surface area contributed by atoms with Crippen molar-refractivity contribution in [3.8, 4) is 17.2 Å². The molecule has 0 unspecified atom stereocenters. The normalized spacial score (nSPS) is 21.8. The lowest BCUT2D eigenvalue weighted by Gasteiger charge is -2.27. The number of fused-ring (bicyclic) bond motifs is 1. The zero-order valence-corrected chi connectivity index (χ0v) is 18.7. The van der Waals surface area contributed by atoms with Crippen LogP contribution in [0.2, 0.25) is 0 Å². The molecule has 1 fully saturated rings. The van der Waals surface area contributed by atoms with Crippen LogP contribution in [0, 0.1) is 0 Å². The van der Waals surface area contributed by atoms with Gasteiger partial charge in [0.25, 0.3) is 0 Å². The molecule has 2 aliphatic heterocycles. The number of rotatable bonds is 6. The van der Waals surface area contributed by atoms with E-state index in [4.69, 9.17) is 19.2 Å². The molecule has 0 saturated carbocycles. The van der Waals surface area contributed by atoms with Crippen LogP contribution in [-0.2, 0) is 15.6 Å². The van der Waals surface area contributed by atoms with Gasteiger partial charge < -0.3 is 19.1 Å². The molecule has 160 valence electrons. The zero-order valence-electron chi connectivity index (χ0n) is 17.1. The van der Waals surface area contributed by atoms with Crippen LogP contribution in [0.15, 0.2) is 47.5 Å². The van der Waals surface area contributed by atoms with E-state index in [0.717, 1.165) is 27.9 Å². The summed E-state index contributed by atoms with van der Waals surface area (Å²) < 4.78 is 40.5. The van der Waals surface area contributed by atoms with Crippen molar-refractivity contribution < 1.29 is 22.6 Å². The fourth-order valence-corrected chi connectivity index (χ4v) is 6.70. The summed E-state index contributed by atoms with van der Waals surface area (Å²) in [4.78, 5) is 6.81. The van der Waals surface area contributed by atoms with E-state index in [1.54, 1.807) is 33.1 Å². The van der Waals surface area contributed by atoms with E-state index in [1.165, 1.54) is 0 Å². The number of hydrogen-bond donors (Lipinski definition) is 0. The molecule has 0 spiro atoms. The van der Waals surface area contributed by atoms with Crippen molar-refractivity contribution in [3.05, 3.63) is 48.0 Å². The van der Waals surface area contributed by atoms with Gasteiger partial charge in [-0.2, -0.15) is 0 Å². The Labute approximate surface area is 181 Å². The van der Waals surface area contributed by atoms with Gasteiger partial charge in [-0.25, -0.2) is 8.42 Å². The third kappa shape index (κ3) is 4.09. The van der Waals surface area contributed by atoms with Crippen LogP contribution >= 0.6 is 11.8 Å². The maximum absolute atomic E-state index is 12.2. The second-order valence-electron chi connectivity index (χ2n) is 7.17. The van der Waals surface area contributed by atoms with Crippen molar-refractivity contribution in [1.82, 2.24) is 0 Å². The van der Waals surface area contributed by atoms with E-state index in [9.17, 15) is 8.42 Å². The Kier molecular flexibility index (Phi) is 5.84. The van der Waals surface area contributed by atoms with Gasteiger partial charge >= 0.3 is 0 Å². The molecule has 9 heteroatoms. The predicted octanol–water partition coefficient (Wildman–Crippen LogP) is 2.99. The van der Waals surface area contributed by atoms with Gasteiger partial charge in [-0.05, 0) is 29.8 Å².